The lowest BCUT2D eigenvalue weighted by Gasteiger charge is -2.34. The number of benzene rings is 1. The Labute approximate surface area is 119 Å². The number of carbonyl (C=O) groups is 1. The van der Waals surface area contributed by atoms with Gasteiger partial charge in [0.25, 0.3) is 0 Å². The average molecular weight is 282 g/mol. The smallest absolute Gasteiger partial charge is 0.320 e. The van der Waals surface area contributed by atoms with Crippen LogP contribution in [0.15, 0.2) is 24.3 Å². The van der Waals surface area contributed by atoms with E-state index in [4.69, 9.17) is 11.6 Å². The Hall–Kier alpha value is -1.26. The zero-order chi connectivity index (χ0) is 13.8. The molecule has 104 valence electrons. The first-order valence-electron chi connectivity index (χ1n) is 6.57. The molecule has 0 aromatic heterocycles. The van der Waals surface area contributed by atoms with Crippen LogP contribution < -0.4 is 5.32 Å². The van der Waals surface area contributed by atoms with E-state index in [1.807, 2.05) is 43.1 Å². The van der Waals surface area contributed by atoms with Crippen molar-refractivity contribution < 1.29 is 4.79 Å². The Balaban J connectivity index is 2.03. The van der Waals surface area contributed by atoms with Gasteiger partial charge in [0.05, 0.1) is 6.04 Å². The molecule has 1 heterocycles. The van der Waals surface area contributed by atoms with Crippen LogP contribution in [0.2, 0.25) is 5.02 Å². The molecule has 1 atom stereocenters. The molecule has 2 amide bonds. The highest BCUT2D eigenvalue weighted by Crippen LogP contribution is 2.21. The Morgan fingerprint density at radius 1 is 1.32 bits per heavy atom. The van der Waals surface area contributed by atoms with Crippen molar-refractivity contribution >= 4 is 17.6 Å². The Bertz CT molecular complexity index is 429. The van der Waals surface area contributed by atoms with Crippen molar-refractivity contribution in [3.63, 3.8) is 0 Å². The summed E-state index contributed by atoms with van der Waals surface area (Å²) in [6, 6.07) is 7.78. The van der Waals surface area contributed by atoms with E-state index in [1.165, 1.54) is 0 Å². The van der Waals surface area contributed by atoms with Crippen molar-refractivity contribution in [3.05, 3.63) is 34.9 Å². The second-order valence-corrected chi connectivity index (χ2v) is 5.29. The summed E-state index contributed by atoms with van der Waals surface area (Å²) in [7, 11) is 1.85. The molecule has 2 rings (SSSR count). The molecule has 1 aromatic rings. The van der Waals surface area contributed by atoms with Gasteiger partial charge in [-0.25, -0.2) is 4.79 Å². The van der Waals surface area contributed by atoms with Crippen molar-refractivity contribution in [2.24, 2.45) is 0 Å². The number of carbonyl (C=O) groups excluding carboxylic acids is 1. The van der Waals surface area contributed by atoms with Gasteiger partial charge in [-0.2, -0.15) is 0 Å². The molecule has 4 nitrogen and oxygen atoms in total. The molecule has 1 aliphatic rings. The molecule has 1 unspecified atom stereocenters. The summed E-state index contributed by atoms with van der Waals surface area (Å²) in [5.41, 5.74) is 1.09. The lowest BCUT2D eigenvalue weighted by Crippen LogP contribution is -2.51. The van der Waals surface area contributed by atoms with Gasteiger partial charge in [-0.1, -0.05) is 23.7 Å². The molecule has 0 aliphatic carbocycles. The third-order valence-corrected chi connectivity index (χ3v) is 3.87. The zero-order valence-electron chi connectivity index (χ0n) is 11.4. The number of rotatable bonds is 2. The number of halogens is 1. The SMILES string of the molecule is CC(c1ccc(Cl)cc1)N(C)C(=O)N1CCNCC1. The summed E-state index contributed by atoms with van der Waals surface area (Å²) in [5, 5.41) is 3.96. The van der Waals surface area contributed by atoms with E-state index < -0.39 is 0 Å². The first-order valence-corrected chi connectivity index (χ1v) is 6.95. The van der Waals surface area contributed by atoms with Crippen LogP contribution in [0.3, 0.4) is 0 Å². The van der Waals surface area contributed by atoms with Crippen molar-refractivity contribution in [3.8, 4) is 0 Å². The molecule has 1 N–H and O–H groups in total. The Morgan fingerprint density at radius 2 is 1.89 bits per heavy atom. The van der Waals surface area contributed by atoms with E-state index in [-0.39, 0.29) is 12.1 Å². The summed E-state index contributed by atoms with van der Waals surface area (Å²) in [4.78, 5) is 16.1. The van der Waals surface area contributed by atoms with Gasteiger partial charge in [-0.05, 0) is 24.6 Å². The first kappa shape index (κ1) is 14.2. The number of hydrogen-bond donors (Lipinski definition) is 1. The van der Waals surface area contributed by atoms with Crippen molar-refractivity contribution in [2.45, 2.75) is 13.0 Å². The molecule has 5 heteroatoms. The van der Waals surface area contributed by atoms with E-state index in [0.717, 1.165) is 31.7 Å². The molecule has 19 heavy (non-hydrogen) atoms. The zero-order valence-corrected chi connectivity index (χ0v) is 12.2. The van der Waals surface area contributed by atoms with Crippen LogP contribution in [0, 0.1) is 0 Å². The number of amides is 2. The maximum Gasteiger partial charge on any atom is 0.320 e. The second kappa shape index (κ2) is 6.26. The highest BCUT2D eigenvalue weighted by molar-refractivity contribution is 6.30. The minimum atomic E-state index is 0.0413. The highest BCUT2D eigenvalue weighted by Gasteiger charge is 2.23. The minimum absolute atomic E-state index is 0.0413. The molecule has 0 spiro atoms. The van der Waals surface area contributed by atoms with Gasteiger partial charge in [-0.15, -0.1) is 0 Å². The summed E-state index contributed by atoms with van der Waals surface area (Å²) in [5.74, 6) is 0. The molecule has 1 aromatic carbocycles. The van der Waals surface area contributed by atoms with Crippen LogP contribution in [0.5, 0.6) is 0 Å². The molecule has 1 aliphatic heterocycles. The lowest BCUT2D eigenvalue weighted by molar-refractivity contribution is 0.143. The van der Waals surface area contributed by atoms with Crippen LogP contribution >= 0.6 is 11.6 Å². The van der Waals surface area contributed by atoms with Gasteiger partial charge < -0.3 is 15.1 Å². The summed E-state index contributed by atoms with van der Waals surface area (Å²) in [6.07, 6.45) is 0. The quantitative estimate of drug-likeness (QED) is 0.903. The lowest BCUT2D eigenvalue weighted by atomic mass is 10.1. The summed E-state index contributed by atoms with van der Waals surface area (Å²) < 4.78 is 0. The molecule has 0 radical (unpaired) electrons. The van der Waals surface area contributed by atoms with E-state index in [0.29, 0.717) is 5.02 Å². The molecular formula is C14H20ClN3O. The highest BCUT2D eigenvalue weighted by atomic mass is 35.5. The van der Waals surface area contributed by atoms with E-state index in [2.05, 4.69) is 5.32 Å². The summed E-state index contributed by atoms with van der Waals surface area (Å²) in [6.45, 7) is 5.32. The molecule has 0 bridgehead atoms. The van der Waals surface area contributed by atoms with Gasteiger partial charge in [0.2, 0.25) is 0 Å². The number of hydrogen-bond acceptors (Lipinski definition) is 2. The fraction of sp³-hybridized carbons (Fsp3) is 0.500. The number of nitrogens with zero attached hydrogens (tertiary/aromatic N) is 2. The van der Waals surface area contributed by atoms with E-state index in [9.17, 15) is 4.79 Å². The monoisotopic (exact) mass is 281 g/mol. The third-order valence-electron chi connectivity index (χ3n) is 3.62. The van der Waals surface area contributed by atoms with Crippen LogP contribution in [-0.2, 0) is 0 Å². The van der Waals surface area contributed by atoms with Crippen LogP contribution in [0.1, 0.15) is 18.5 Å². The molecule has 1 saturated heterocycles. The van der Waals surface area contributed by atoms with Crippen LogP contribution in [0.25, 0.3) is 0 Å². The van der Waals surface area contributed by atoms with Gasteiger partial charge in [0, 0.05) is 38.2 Å². The standard InChI is InChI=1S/C14H20ClN3O/c1-11(12-3-5-13(15)6-4-12)17(2)14(19)18-9-7-16-8-10-18/h3-6,11,16H,7-10H2,1-2H3. The van der Waals surface area contributed by atoms with Crippen molar-refractivity contribution in [1.82, 2.24) is 15.1 Å². The van der Waals surface area contributed by atoms with E-state index >= 15 is 0 Å². The van der Waals surface area contributed by atoms with Gasteiger partial charge in [0.15, 0.2) is 0 Å². The first-order chi connectivity index (χ1) is 9.09. The van der Waals surface area contributed by atoms with E-state index in [1.54, 1.807) is 4.90 Å². The molecular weight excluding hydrogens is 262 g/mol. The predicted octanol–water partition coefficient (Wildman–Crippen LogP) is 2.36. The van der Waals surface area contributed by atoms with Gasteiger partial charge in [0.1, 0.15) is 0 Å². The van der Waals surface area contributed by atoms with Gasteiger partial charge in [-0.3, -0.25) is 0 Å². The third kappa shape index (κ3) is 3.39. The number of piperazine rings is 1. The van der Waals surface area contributed by atoms with Crippen LogP contribution in [0.4, 0.5) is 4.79 Å². The Morgan fingerprint density at radius 3 is 2.47 bits per heavy atom. The predicted molar refractivity (Wildman–Crippen MR) is 77.5 cm³/mol. The van der Waals surface area contributed by atoms with Crippen molar-refractivity contribution in [1.29, 1.82) is 0 Å². The number of nitrogens with one attached hydrogen (secondary N) is 1. The van der Waals surface area contributed by atoms with Gasteiger partial charge >= 0.3 is 6.03 Å². The topological polar surface area (TPSA) is 35.6 Å². The van der Waals surface area contributed by atoms with Crippen molar-refractivity contribution in [2.75, 3.05) is 33.2 Å². The van der Waals surface area contributed by atoms with Crippen LogP contribution in [-0.4, -0.2) is 49.1 Å². The molecule has 0 saturated carbocycles. The largest absolute Gasteiger partial charge is 0.322 e. The minimum Gasteiger partial charge on any atom is -0.322 e. The molecule has 1 fully saturated rings. The second-order valence-electron chi connectivity index (χ2n) is 4.86. The maximum atomic E-state index is 12.4. The maximum absolute atomic E-state index is 12.4. The normalized spacial score (nSPS) is 17.1. The summed E-state index contributed by atoms with van der Waals surface area (Å²) >= 11 is 5.88. The average Bonchev–Trinajstić information content (AvgIpc) is 2.46. The fourth-order valence-electron chi connectivity index (χ4n) is 2.21. The Kier molecular flexibility index (Phi) is 4.66. The fourth-order valence-corrected chi connectivity index (χ4v) is 2.34. The number of urea groups is 1.